The second-order valence-electron chi connectivity index (χ2n) is 5.85. The van der Waals surface area contributed by atoms with Gasteiger partial charge in [-0.05, 0) is 29.7 Å². The van der Waals surface area contributed by atoms with Crippen molar-refractivity contribution in [3.63, 3.8) is 0 Å². The molecule has 23 heavy (non-hydrogen) atoms. The molecule has 0 unspecified atom stereocenters. The average molecular weight is 298 g/mol. The van der Waals surface area contributed by atoms with E-state index in [-0.39, 0.29) is 0 Å². The highest BCUT2D eigenvalue weighted by Crippen LogP contribution is 2.33. The molecule has 1 heterocycles. The highest BCUT2D eigenvalue weighted by Gasteiger charge is 2.15. The minimum atomic E-state index is 0.551. The van der Waals surface area contributed by atoms with Gasteiger partial charge >= 0.3 is 0 Å². The lowest BCUT2D eigenvalue weighted by Crippen LogP contribution is -2.02. The summed E-state index contributed by atoms with van der Waals surface area (Å²) in [6, 6.07) is 27.5. The van der Waals surface area contributed by atoms with E-state index in [9.17, 15) is 0 Å². The molecule has 112 valence electrons. The molecular formula is C22H19N. The number of hydrogen-bond donors (Lipinski definition) is 0. The summed E-state index contributed by atoms with van der Waals surface area (Å²) in [6.07, 6.45) is 0. The second kappa shape index (κ2) is 5.77. The fourth-order valence-corrected chi connectivity index (χ4v) is 3.32. The summed E-state index contributed by atoms with van der Waals surface area (Å²) in [6.45, 7) is 3.01. The summed E-state index contributed by atoms with van der Waals surface area (Å²) >= 11 is 0. The Hall–Kier alpha value is -2.80. The van der Waals surface area contributed by atoms with Crippen LogP contribution in [0, 0.1) is 6.92 Å². The molecule has 0 N–H and O–H groups in total. The van der Waals surface area contributed by atoms with E-state index < -0.39 is 0 Å². The van der Waals surface area contributed by atoms with Crippen molar-refractivity contribution in [1.82, 2.24) is 4.57 Å². The number of nitrogens with zero attached hydrogens (tertiary/aromatic N) is 1. The molecule has 0 atom stereocenters. The molecule has 0 bridgehead atoms. The number of aromatic nitrogens is 1. The predicted molar refractivity (Wildman–Crippen MR) is 97.7 cm³/mol. The first-order valence-corrected chi connectivity index (χ1v) is 7.93. The number of benzene rings is 3. The molecule has 0 aliphatic carbocycles. The van der Waals surface area contributed by atoms with E-state index in [4.69, 9.17) is 1.37 Å². The fraction of sp³-hybridized carbons (Fsp3) is 0.0909. The third-order valence-corrected chi connectivity index (χ3v) is 4.40. The van der Waals surface area contributed by atoms with Crippen LogP contribution in [-0.2, 0) is 6.54 Å². The fourth-order valence-electron chi connectivity index (χ4n) is 3.32. The molecule has 0 saturated carbocycles. The van der Waals surface area contributed by atoms with Gasteiger partial charge in [0.15, 0.2) is 0 Å². The minimum absolute atomic E-state index is 0.551. The maximum Gasteiger partial charge on any atom is 0.0623 e. The third kappa shape index (κ3) is 2.44. The number of hydrogen-bond acceptors (Lipinski definition) is 0. The van der Waals surface area contributed by atoms with Crippen molar-refractivity contribution in [3.8, 4) is 11.3 Å². The Morgan fingerprint density at radius 1 is 0.826 bits per heavy atom. The van der Waals surface area contributed by atoms with Crippen LogP contribution in [0.1, 0.15) is 12.5 Å². The molecule has 3 aromatic carbocycles. The van der Waals surface area contributed by atoms with E-state index in [2.05, 4.69) is 66.1 Å². The van der Waals surface area contributed by atoms with Gasteiger partial charge < -0.3 is 4.57 Å². The van der Waals surface area contributed by atoms with Crippen LogP contribution in [0.3, 0.4) is 0 Å². The second-order valence-corrected chi connectivity index (χ2v) is 5.85. The normalized spacial score (nSPS) is 11.6. The summed E-state index contributed by atoms with van der Waals surface area (Å²) in [4.78, 5) is 0. The summed E-state index contributed by atoms with van der Waals surface area (Å²) in [5.74, 6) is 0. The van der Waals surface area contributed by atoms with Crippen LogP contribution in [0.4, 0.5) is 0 Å². The summed E-state index contributed by atoms with van der Waals surface area (Å²) in [7, 11) is 0. The predicted octanol–water partition coefficient (Wildman–Crippen LogP) is 5.67. The first-order valence-electron chi connectivity index (χ1n) is 8.43. The smallest absolute Gasteiger partial charge is 0.0623 e. The summed E-state index contributed by atoms with van der Waals surface area (Å²) < 4.78 is 10.1. The molecule has 1 aromatic heterocycles. The third-order valence-electron chi connectivity index (χ3n) is 4.40. The number of rotatable bonds is 3. The molecule has 1 nitrogen and oxygen atoms in total. The molecule has 0 aliphatic rings. The molecule has 4 rings (SSSR count). The van der Waals surface area contributed by atoms with Gasteiger partial charge in [-0.2, -0.15) is 0 Å². The van der Waals surface area contributed by atoms with E-state index in [0.717, 1.165) is 6.54 Å². The molecule has 0 saturated heterocycles. The Kier molecular flexibility index (Phi) is 3.19. The number of para-hydroxylation sites is 1. The van der Waals surface area contributed by atoms with Crippen LogP contribution in [0.2, 0.25) is 0 Å². The summed E-state index contributed by atoms with van der Waals surface area (Å²) in [5.41, 5.74) is 6.29. The van der Waals surface area contributed by atoms with E-state index in [0.29, 0.717) is 6.04 Å². The first-order chi connectivity index (χ1) is 11.7. The van der Waals surface area contributed by atoms with Gasteiger partial charge in [0.2, 0.25) is 0 Å². The van der Waals surface area contributed by atoms with Crippen LogP contribution in [0.5, 0.6) is 0 Å². The van der Waals surface area contributed by atoms with Gasteiger partial charge in [-0.3, -0.25) is 0 Å². The largest absolute Gasteiger partial charge is 0.336 e. The highest BCUT2D eigenvalue weighted by atomic mass is 15.0. The maximum atomic E-state index is 7.68. The molecule has 0 aliphatic heterocycles. The lowest BCUT2D eigenvalue weighted by atomic mass is 10.1. The van der Waals surface area contributed by atoms with Gasteiger partial charge in [0.05, 0.1) is 7.06 Å². The van der Waals surface area contributed by atoms with E-state index in [1.54, 1.807) is 0 Å². The van der Waals surface area contributed by atoms with Gasteiger partial charge in [-0.15, -0.1) is 0 Å². The van der Waals surface area contributed by atoms with Gasteiger partial charge in [0, 0.05) is 17.4 Å². The van der Waals surface area contributed by atoms with Gasteiger partial charge in [0.1, 0.15) is 0 Å². The molecule has 4 aromatic rings. The highest BCUT2D eigenvalue weighted by molar-refractivity contribution is 5.91. The minimum Gasteiger partial charge on any atom is -0.336 e. The Labute approximate surface area is 138 Å². The number of aryl methyl sites for hydroxylation is 1. The Balaban J connectivity index is 1.93. The van der Waals surface area contributed by atoms with Crippen LogP contribution >= 0.6 is 0 Å². The Morgan fingerprint density at radius 3 is 2.30 bits per heavy atom. The lowest BCUT2D eigenvalue weighted by Gasteiger charge is -2.12. The van der Waals surface area contributed by atoms with Crippen molar-refractivity contribution in [2.24, 2.45) is 0 Å². The van der Waals surface area contributed by atoms with Crippen molar-refractivity contribution in [2.75, 3.05) is 0 Å². The standard InChI is InChI=1S/C22H19N/c1-17-20-14-8-9-15-21(20)23(16-18-10-4-2-5-11-18)22(17)19-12-6-3-7-13-19/h2-15H,16H2,1H3/i2D. The topological polar surface area (TPSA) is 4.93 Å². The van der Waals surface area contributed by atoms with Crippen molar-refractivity contribution < 1.29 is 1.37 Å². The zero-order chi connectivity index (χ0) is 16.5. The van der Waals surface area contributed by atoms with Gasteiger partial charge in [-0.1, -0.05) is 78.8 Å². The lowest BCUT2D eigenvalue weighted by molar-refractivity contribution is 0.842. The van der Waals surface area contributed by atoms with E-state index in [1.807, 2.05) is 24.3 Å². The van der Waals surface area contributed by atoms with Crippen molar-refractivity contribution >= 4 is 10.9 Å². The van der Waals surface area contributed by atoms with Crippen LogP contribution in [-0.4, -0.2) is 4.57 Å². The average Bonchev–Trinajstić information content (AvgIpc) is 2.90. The molecule has 0 radical (unpaired) electrons. The molecule has 1 heteroatoms. The zero-order valence-electron chi connectivity index (χ0n) is 14.2. The first kappa shape index (κ1) is 12.7. The Morgan fingerprint density at radius 2 is 1.52 bits per heavy atom. The SMILES string of the molecule is [2H]c1ccc(Cn2c(-c3ccccc3)c(C)c3ccccc32)cc1. The number of fused-ring (bicyclic) bond motifs is 1. The monoisotopic (exact) mass is 298 g/mol. The van der Waals surface area contributed by atoms with Crippen LogP contribution < -0.4 is 0 Å². The molecule has 0 spiro atoms. The van der Waals surface area contributed by atoms with Crippen molar-refractivity contribution in [1.29, 1.82) is 0 Å². The van der Waals surface area contributed by atoms with Crippen molar-refractivity contribution in [2.45, 2.75) is 13.5 Å². The molecule has 0 amide bonds. The van der Waals surface area contributed by atoms with E-state index in [1.165, 1.54) is 33.3 Å². The Bertz CT molecular complexity index is 982. The van der Waals surface area contributed by atoms with Gasteiger partial charge in [0.25, 0.3) is 0 Å². The quantitative estimate of drug-likeness (QED) is 0.459. The van der Waals surface area contributed by atoms with Crippen LogP contribution in [0.15, 0.2) is 84.9 Å². The zero-order valence-corrected chi connectivity index (χ0v) is 13.2. The summed E-state index contributed by atoms with van der Waals surface area (Å²) in [5, 5.41) is 1.30. The maximum absolute atomic E-state index is 7.68. The molecule has 0 fully saturated rings. The van der Waals surface area contributed by atoms with Crippen molar-refractivity contribution in [3.05, 3.63) is 96.0 Å². The van der Waals surface area contributed by atoms with Gasteiger partial charge in [-0.25, -0.2) is 0 Å². The van der Waals surface area contributed by atoms with E-state index >= 15 is 0 Å². The van der Waals surface area contributed by atoms with Crippen LogP contribution in [0.25, 0.3) is 22.2 Å². The molecular weight excluding hydrogens is 278 g/mol.